The second-order valence-electron chi connectivity index (χ2n) is 2.30. The summed E-state index contributed by atoms with van der Waals surface area (Å²) in [6.07, 6.45) is -5.12. The van der Waals surface area contributed by atoms with E-state index in [1.807, 2.05) is 36.4 Å². The fourth-order valence-corrected chi connectivity index (χ4v) is 0.385. The smallest absolute Gasteiger partial charge is 0.261 e. The van der Waals surface area contributed by atoms with Crippen LogP contribution in [0.15, 0.2) is 36.4 Å². The van der Waals surface area contributed by atoms with E-state index in [0.717, 1.165) is 0 Å². The minimum atomic E-state index is -2.56. The topological polar surface area (TPSA) is 40.5 Å². The standard InChI is InChI=1S/C6H6.2C2H4F2O.Ru/c1-2-4-6-5-3-1;2*3-2(4)1-5;/h1-6H;2*2,5H,1H2;. The number of hydrogen-bond donors (Lipinski definition) is 2. The van der Waals surface area contributed by atoms with Gasteiger partial charge >= 0.3 is 0 Å². The van der Waals surface area contributed by atoms with Gasteiger partial charge in [0.25, 0.3) is 12.9 Å². The van der Waals surface area contributed by atoms with Crippen LogP contribution in [0.4, 0.5) is 17.6 Å². The van der Waals surface area contributed by atoms with E-state index < -0.39 is 26.1 Å². The zero-order valence-corrected chi connectivity index (χ0v) is 10.5. The molecule has 0 amide bonds. The van der Waals surface area contributed by atoms with Gasteiger partial charge in [-0.05, 0) is 0 Å². The molecule has 2 N–H and O–H groups in total. The second kappa shape index (κ2) is 17.9. The maximum Gasteiger partial charge on any atom is 0.261 e. The van der Waals surface area contributed by atoms with E-state index in [9.17, 15) is 17.6 Å². The van der Waals surface area contributed by atoms with Crippen LogP contribution < -0.4 is 0 Å². The summed E-state index contributed by atoms with van der Waals surface area (Å²) in [6, 6.07) is 12.0. The summed E-state index contributed by atoms with van der Waals surface area (Å²) in [7, 11) is 0. The van der Waals surface area contributed by atoms with Gasteiger partial charge in [-0.1, -0.05) is 36.4 Å². The number of halogens is 4. The van der Waals surface area contributed by atoms with Gasteiger partial charge < -0.3 is 10.2 Å². The third kappa shape index (κ3) is 31.3. The van der Waals surface area contributed by atoms with Gasteiger partial charge in [0.1, 0.15) is 13.2 Å². The van der Waals surface area contributed by atoms with Crippen molar-refractivity contribution >= 4 is 0 Å². The Morgan fingerprint density at radius 3 is 0.824 bits per heavy atom. The summed E-state index contributed by atoms with van der Waals surface area (Å²) in [5, 5.41) is 14.8. The Bertz CT molecular complexity index is 178. The van der Waals surface area contributed by atoms with E-state index in [4.69, 9.17) is 10.2 Å². The maximum absolute atomic E-state index is 10.5. The van der Waals surface area contributed by atoms with Gasteiger partial charge in [0.05, 0.1) is 0 Å². The SMILES string of the molecule is OCC(F)F.OCC(F)F.[Ru].c1ccccc1. The van der Waals surface area contributed by atoms with Crippen LogP contribution in [0.5, 0.6) is 0 Å². The van der Waals surface area contributed by atoms with Gasteiger partial charge in [0, 0.05) is 19.5 Å². The van der Waals surface area contributed by atoms with Crippen LogP contribution >= 0.6 is 0 Å². The summed E-state index contributed by atoms with van der Waals surface area (Å²) in [4.78, 5) is 0. The number of alkyl halides is 4. The molecule has 0 heterocycles. The number of aliphatic hydroxyl groups is 2. The first-order valence-electron chi connectivity index (χ1n) is 4.32. The molecule has 0 atom stereocenters. The van der Waals surface area contributed by atoms with Crippen molar-refractivity contribution in [1.29, 1.82) is 0 Å². The molecule has 17 heavy (non-hydrogen) atoms. The average Bonchev–Trinajstić information content (AvgIpc) is 2.32. The first kappa shape index (κ1) is 21.7. The monoisotopic (exact) mass is 344 g/mol. The summed E-state index contributed by atoms with van der Waals surface area (Å²) >= 11 is 0. The third-order valence-corrected chi connectivity index (χ3v) is 0.943. The van der Waals surface area contributed by atoms with Crippen LogP contribution in [0.2, 0.25) is 0 Å². The number of rotatable bonds is 2. The van der Waals surface area contributed by atoms with Crippen molar-refractivity contribution < 1.29 is 47.3 Å². The van der Waals surface area contributed by atoms with E-state index in [0.29, 0.717) is 0 Å². The van der Waals surface area contributed by atoms with Crippen LogP contribution in [0.3, 0.4) is 0 Å². The second-order valence-corrected chi connectivity index (χ2v) is 2.30. The molecule has 1 aromatic rings. The van der Waals surface area contributed by atoms with Crippen molar-refractivity contribution in [3.05, 3.63) is 36.4 Å². The van der Waals surface area contributed by atoms with Crippen LogP contribution in [-0.2, 0) is 19.5 Å². The summed E-state index contributed by atoms with van der Waals surface area (Å²) in [5.74, 6) is 0. The first-order valence-corrected chi connectivity index (χ1v) is 4.32. The molecule has 0 aliphatic heterocycles. The van der Waals surface area contributed by atoms with Crippen molar-refractivity contribution in [3.63, 3.8) is 0 Å². The Kier molecular flexibility index (Phi) is 22.8. The zero-order valence-electron chi connectivity index (χ0n) is 8.79. The molecule has 0 saturated heterocycles. The largest absolute Gasteiger partial charge is 0.390 e. The normalized spacial score (nSPS) is 8.47. The van der Waals surface area contributed by atoms with E-state index >= 15 is 0 Å². The molecule has 7 heteroatoms. The van der Waals surface area contributed by atoms with Crippen molar-refractivity contribution in [2.24, 2.45) is 0 Å². The van der Waals surface area contributed by atoms with Gasteiger partial charge in [0.15, 0.2) is 0 Å². The van der Waals surface area contributed by atoms with Crippen LogP contribution in [0.25, 0.3) is 0 Å². The molecule has 2 nitrogen and oxygen atoms in total. The summed E-state index contributed by atoms with van der Waals surface area (Å²) in [6.45, 7) is -2.06. The molecule has 1 rings (SSSR count). The molecule has 0 saturated carbocycles. The van der Waals surface area contributed by atoms with Gasteiger partial charge in [-0.3, -0.25) is 0 Å². The van der Waals surface area contributed by atoms with Crippen molar-refractivity contribution in [1.82, 2.24) is 0 Å². The van der Waals surface area contributed by atoms with Gasteiger partial charge in [-0.15, -0.1) is 0 Å². The Morgan fingerprint density at radius 1 is 0.647 bits per heavy atom. The Labute approximate surface area is 110 Å². The van der Waals surface area contributed by atoms with Crippen LogP contribution in [0.1, 0.15) is 0 Å². The molecular formula is C10H14F4O2Ru. The van der Waals surface area contributed by atoms with Crippen molar-refractivity contribution in [3.8, 4) is 0 Å². The minimum Gasteiger partial charge on any atom is -0.390 e. The minimum absolute atomic E-state index is 0. The molecule has 0 fully saturated rings. The predicted octanol–water partition coefficient (Wildman–Crippen LogP) is 2.17. The molecule has 0 bridgehead atoms. The molecule has 0 aromatic heterocycles. The van der Waals surface area contributed by atoms with Gasteiger partial charge in [-0.2, -0.15) is 0 Å². The van der Waals surface area contributed by atoms with Crippen LogP contribution in [-0.4, -0.2) is 36.3 Å². The molecular weight excluding hydrogens is 329 g/mol. The molecule has 102 valence electrons. The molecule has 0 spiro atoms. The van der Waals surface area contributed by atoms with Crippen molar-refractivity contribution in [2.45, 2.75) is 12.9 Å². The maximum atomic E-state index is 10.5. The quantitative estimate of drug-likeness (QED) is 0.638. The Morgan fingerprint density at radius 2 is 0.765 bits per heavy atom. The van der Waals surface area contributed by atoms with Gasteiger partial charge in [0.2, 0.25) is 0 Å². The third-order valence-electron chi connectivity index (χ3n) is 0.943. The molecule has 0 aliphatic carbocycles. The average molecular weight is 343 g/mol. The van der Waals surface area contributed by atoms with Gasteiger partial charge in [-0.25, -0.2) is 17.6 Å². The Hall–Kier alpha value is -0.517. The fourth-order valence-electron chi connectivity index (χ4n) is 0.385. The van der Waals surface area contributed by atoms with E-state index in [2.05, 4.69) is 0 Å². The molecule has 0 unspecified atom stereocenters. The molecule has 1 aromatic carbocycles. The van der Waals surface area contributed by atoms with E-state index in [1.54, 1.807) is 0 Å². The van der Waals surface area contributed by atoms with Crippen LogP contribution in [0, 0.1) is 0 Å². The fraction of sp³-hybridized carbons (Fsp3) is 0.400. The summed E-state index contributed by atoms with van der Waals surface area (Å²) in [5.41, 5.74) is 0. The molecule has 0 aliphatic rings. The zero-order chi connectivity index (χ0) is 12.8. The number of hydrogen-bond acceptors (Lipinski definition) is 2. The van der Waals surface area contributed by atoms with E-state index in [-0.39, 0.29) is 19.5 Å². The van der Waals surface area contributed by atoms with Crippen molar-refractivity contribution in [2.75, 3.05) is 13.2 Å². The first-order chi connectivity index (χ1) is 7.54. The summed E-state index contributed by atoms with van der Waals surface area (Å²) < 4.78 is 42.1. The van der Waals surface area contributed by atoms with E-state index in [1.165, 1.54) is 0 Å². The Balaban J connectivity index is -0.000000170. The predicted molar refractivity (Wildman–Crippen MR) is 52.6 cm³/mol. The molecule has 0 radical (unpaired) electrons. The number of benzene rings is 1. The number of aliphatic hydroxyl groups excluding tert-OH is 2.